The molecule has 0 spiro atoms. The normalized spacial score (nSPS) is 15.3. The van der Waals surface area contributed by atoms with Gasteiger partial charge in [-0.25, -0.2) is 4.79 Å². The van der Waals surface area contributed by atoms with Gasteiger partial charge in [-0.2, -0.15) is 5.26 Å². The zero-order valence-corrected chi connectivity index (χ0v) is 14.8. The highest BCUT2D eigenvalue weighted by Crippen LogP contribution is 2.10. The van der Waals surface area contributed by atoms with E-state index >= 15 is 0 Å². The molecule has 2 rings (SSSR count). The summed E-state index contributed by atoms with van der Waals surface area (Å²) in [5.74, 6) is 0.688. The van der Waals surface area contributed by atoms with Crippen LogP contribution in [0, 0.1) is 17.2 Å². The number of urea groups is 1. The summed E-state index contributed by atoms with van der Waals surface area (Å²) < 4.78 is 0. The monoisotopic (exact) mass is 328 g/mol. The molecule has 0 bridgehead atoms. The van der Waals surface area contributed by atoms with Crippen molar-refractivity contribution in [1.82, 2.24) is 15.1 Å². The van der Waals surface area contributed by atoms with E-state index in [4.69, 9.17) is 5.26 Å². The van der Waals surface area contributed by atoms with E-state index < -0.39 is 0 Å². The van der Waals surface area contributed by atoms with Crippen LogP contribution in [0.15, 0.2) is 24.3 Å². The van der Waals surface area contributed by atoms with Crippen molar-refractivity contribution in [3.8, 4) is 6.07 Å². The average molecular weight is 328 g/mol. The molecule has 130 valence electrons. The Kier molecular flexibility index (Phi) is 7.07. The first kappa shape index (κ1) is 18.3. The molecule has 1 heterocycles. The lowest BCUT2D eigenvalue weighted by atomic mass is 10.1. The number of piperazine rings is 1. The molecule has 24 heavy (non-hydrogen) atoms. The van der Waals surface area contributed by atoms with Gasteiger partial charge in [0.15, 0.2) is 0 Å². The number of benzene rings is 1. The van der Waals surface area contributed by atoms with Crippen LogP contribution in [0.5, 0.6) is 0 Å². The van der Waals surface area contributed by atoms with Crippen LogP contribution in [-0.2, 0) is 6.54 Å². The summed E-state index contributed by atoms with van der Waals surface area (Å²) in [6.45, 7) is 9.36. The van der Waals surface area contributed by atoms with Gasteiger partial charge in [0.1, 0.15) is 0 Å². The standard InChI is InChI=1S/C19H28N4O/c1-16(2)4-3-9-21-19(24)23-12-10-22(11-13-23)15-18-7-5-17(14-20)6-8-18/h5-8,16H,3-4,9-13,15H2,1-2H3,(H,21,24). The number of carbonyl (C=O) groups excluding carboxylic acids is 1. The van der Waals surface area contributed by atoms with E-state index in [1.165, 1.54) is 5.56 Å². The number of nitriles is 1. The van der Waals surface area contributed by atoms with E-state index in [0.29, 0.717) is 11.5 Å². The van der Waals surface area contributed by atoms with Gasteiger partial charge in [-0.1, -0.05) is 26.0 Å². The molecule has 1 fully saturated rings. The van der Waals surface area contributed by atoms with Gasteiger partial charge in [0.05, 0.1) is 11.6 Å². The van der Waals surface area contributed by atoms with Crippen molar-refractivity contribution in [2.24, 2.45) is 5.92 Å². The van der Waals surface area contributed by atoms with Gasteiger partial charge < -0.3 is 10.2 Å². The lowest BCUT2D eigenvalue weighted by molar-refractivity contribution is 0.135. The van der Waals surface area contributed by atoms with Crippen molar-refractivity contribution in [1.29, 1.82) is 5.26 Å². The molecule has 1 aliphatic rings. The van der Waals surface area contributed by atoms with Crippen molar-refractivity contribution in [2.75, 3.05) is 32.7 Å². The van der Waals surface area contributed by atoms with Crippen molar-refractivity contribution in [2.45, 2.75) is 33.2 Å². The summed E-state index contributed by atoms with van der Waals surface area (Å²) in [6, 6.07) is 9.93. The second kappa shape index (κ2) is 9.29. The lowest BCUT2D eigenvalue weighted by Crippen LogP contribution is -2.51. The Morgan fingerprint density at radius 3 is 2.46 bits per heavy atom. The second-order valence-electron chi connectivity index (χ2n) is 6.84. The maximum absolute atomic E-state index is 12.1. The molecule has 1 aromatic rings. The third kappa shape index (κ3) is 5.86. The van der Waals surface area contributed by atoms with Crippen LogP contribution in [0.1, 0.15) is 37.8 Å². The molecular weight excluding hydrogens is 300 g/mol. The summed E-state index contributed by atoms with van der Waals surface area (Å²) in [4.78, 5) is 16.4. The van der Waals surface area contributed by atoms with Crippen molar-refractivity contribution in [3.63, 3.8) is 0 Å². The molecule has 1 N–H and O–H groups in total. The molecule has 0 aromatic heterocycles. The van der Waals surface area contributed by atoms with Crippen LogP contribution in [0.3, 0.4) is 0 Å². The third-order valence-corrected chi connectivity index (χ3v) is 4.38. The first-order chi connectivity index (χ1) is 11.6. The van der Waals surface area contributed by atoms with E-state index in [1.807, 2.05) is 29.2 Å². The molecule has 0 atom stereocenters. The van der Waals surface area contributed by atoms with E-state index in [0.717, 1.165) is 52.1 Å². The summed E-state index contributed by atoms with van der Waals surface area (Å²) >= 11 is 0. The lowest BCUT2D eigenvalue weighted by Gasteiger charge is -2.34. The van der Waals surface area contributed by atoms with Crippen molar-refractivity contribution in [3.05, 3.63) is 35.4 Å². The number of nitrogens with zero attached hydrogens (tertiary/aromatic N) is 3. The van der Waals surface area contributed by atoms with Gasteiger partial charge in [0.2, 0.25) is 0 Å². The highest BCUT2D eigenvalue weighted by atomic mass is 16.2. The van der Waals surface area contributed by atoms with E-state index in [-0.39, 0.29) is 6.03 Å². The number of hydrogen-bond donors (Lipinski definition) is 1. The van der Waals surface area contributed by atoms with Crippen LogP contribution in [0.25, 0.3) is 0 Å². The Bertz CT molecular complexity index is 554. The number of hydrogen-bond acceptors (Lipinski definition) is 3. The molecule has 2 amide bonds. The minimum Gasteiger partial charge on any atom is -0.338 e. The Morgan fingerprint density at radius 1 is 1.21 bits per heavy atom. The molecule has 5 heteroatoms. The summed E-state index contributed by atoms with van der Waals surface area (Å²) in [7, 11) is 0. The third-order valence-electron chi connectivity index (χ3n) is 4.38. The number of rotatable bonds is 6. The fourth-order valence-corrected chi connectivity index (χ4v) is 2.87. The van der Waals surface area contributed by atoms with Gasteiger partial charge in [-0.05, 0) is 36.5 Å². The van der Waals surface area contributed by atoms with Gasteiger partial charge in [0, 0.05) is 39.3 Å². The van der Waals surface area contributed by atoms with Gasteiger partial charge in [0.25, 0.3) is 0 Å². The number of carbonyl (C=O) groups is 1. The minimum atomic E-state index is 0.0665. The fraction of sp³-hybridized carbons (Fsp3) is 0.579. The first-order valence-corrected chi connectivity index (χ1v) is 8.82. The largest absolute Gasteiger partial charge is 0.338 e. The smallest absolute Gasteiger partial charge is 0.317 e. The Morgan fingerprint density at radius 2 is 1.88 bits per heavy atom. The van der Waals surface area contributed by atoms with Crippen molar-refractivity contribution >= 4 is 6.03 Å². The summed E-state index contributed by atoms with van der Waals surface area (Å²) in [5, 5.41) is 11.9. The van der Waals surface area contributed by atoms with Gasteiger partial charge in [-0.3, -0.25) is 4.90 Å². The zero-order valence-electron chi connectivity index (χ0n) is 14.8. The predicted molar refractivity (Wildman–Crippen MR) is 95.5 cm³/mol. The second-order valence-corrected chi connectivity index (χ2v) is 6.84. The average Bonchev–Trinajstić information content (AvgIpc) is 2.59. The van der Waals surface area contributed by atoms with E-state index in [9.17, 15) is 4.79 Å². The van der Waals surface area contributed by atoms with Crippen LogP contribution < -0.4 is 5.32 Å². The number of nitrogens with one attached hydrogen (secondary N) is 1. The first-order valence-electron chi connectivity index (χ1n) is 8.82. The molecule has 1 aliphatic heterocycles. The number of amides is 2. The van der Waals surface area contributed by atoms with Crippen LogP contribution in [0.2, 0.25) is 0 Å². The highest BCUT2D eigenvalue weighted by Gasteiger charge is 2.20. The molecule has 0 radical (unpaired) electrons. The predicted octanol–water partition coefficient (Wildman–Crippen LogP) is 2.82. The highest BCUT2D eigenvalue weighted by molar-refractivity contribution is 5.74. The van der Waals surface area contributed by atoms with E-state index in [1.54, 1.807) is 0 Å². The van der Waals surface area contributed by atoms with Gasteiger partial charge in [-0.15, -0.1) is 0 Å². The fourth-order valence-electron chi connectivity index (χ4n) is 2.87. The molecule has 0 saturated carbocycles. The Hall–Kier alpha value is -2.06. The molecule has 1 aromatic carbocycles. The van der Waals surface area contributed by atoms with E-state index in [2.05, 4.69) is 30.1 Å². The molecular formula is C19H28N4O. The minimum absolute atomic E-state index is 0.0665. The summed E-state index contributed by atoms with van der Waals surface area (Å²) in [6.07, 6.45) is 2.20. The maximum atomic E-state index is 12.1. The maximum Gasteiger partial charge on any atom is 0.317 e. The molecule has 0 unspecified atom stereocenters. The Balaban J connectivity index is 1.68. The van der Waals surface area contributed by atoms with Crippen LogP contribution >= 0.6 is 0 Å². The SMILES string of the molecule is CC(C)CCCNC(=O)N1CCN(Cc2ccc(C#N)cc2)CC1. The van der Waals surface area contributed by atoms with Gasteiger partial charge >= 0.3 is 6.03 Å². The van der Waals surface area contributed by atoms with Crippen molar-refractivity contribution < 1.29 is 4.79 Å². The quantitative estimate of drug-likeness (QED) is 0.817. The zero-order chi connectivity index (χ0) is 17.4. The topological polar surface area (TPSA) is 59.4 Å². The molecule has 5 nitrogen and oxygen atoms in total. The van der Waals surface area contributed by atoms with Crippen LogP contribution in [-0.4, -0.2) is 48.6 Å². The van der Waals surface area contributed by atoms with Crippen LogP contribution in [0.4, 0.5) is 4.79 Å². The molecule has 1 saturated heterocycles. The molecule has 0 aliphatic carbocycles. The summed E-state index contributed by atoms with van der Waals surface area (Å²) in [5.41, 5.74) is 1.90. The Labute approximate surface area is 145 Å².